The number of rotatable bonds is 7. The lowest BCUT2D eigenvalue weighted by Gasteiger charge is -2.43. The molecule has 0 bridgehead atoms. The highest BCUT2D eigenvalue weighted by Gasteiger charge is 2.45. The predicted octanol–water partition coefficient (Wildman–Crippen LogP) is 1.34. The number of carboxylic acids is 1. The number of likely N-dealkylation sites (tertiary alicyclic amines) is 1. The zero-order chi connectivity index (χ0) is 22.6. The summed E-state index contributed by atoms with van der Waals surface area (Å²) in [7, 11) is -1.48. The van der Waals surface area contributed by atoms with Crippen molar-refractivity contribution in [2.75, 3.05) is 13.1 Å². The molecule has 10 heteroatoms. The lowest BCUT2D eigenvalue weighted by atomic mass is 9.72. The number of carbonyl (C=O) groups excluding carboxylic acids is 2. The third-order valence-electron chi connectivity index (χ3n) is 5.02. The van der Waals surface area contributed by atoms with E-state index in [0.29, 0.717) is 19.4 Å². The van der Waals surface area contributed by atoms with Crippen LogP contribution in [0, 0.1) is 17.3 Å². The molecule has 9 nitrogen and oxygen atoms in total. The van der Waals surface area contributed by atoms with E-state index in [4.69, 9.17) is 14.8 Å². The molecule has 3 atom stereocenters. The molecule has 166 valence electrons. The van der Waals surface area contributed by atoms with E-state index in [1.807, 2.05) is 0 Å². The molecule has 0 aliphatic carbocycles. The van der Waals surface area contributed by atoms with Crippen molar-refractivity contribution in [1.82, 2.24) is 10.2 Å². The summed E-state index contributed by atoms with van der Waals surface area (Å²) in [5.74, 6) is -1.80. The summed E-state index contributed by atoms with van der Waals surface area (Å²) in [6.45, 7) is 10.7. The second-order valence-electron chi connectivity index (χ2n) is 9.58. The Balaban J connectivity index is 3.00. The first kappa shape index (κ1) is 25.2. The van der Waals surface area contributed by atoms with E-state index in [-0.39, 0.29) is 30.6 Å². The molecule has 0 aromatic carbocycles. The van der Waals surface area contributed by atoms with Crippen LogP contribution in [0.25, 0.3) is 0 Å². The SMILES string of the molecule is CC(C)C(NC(=O)OC(C)(C)C)C(=O)N1C[C@@H](CCB(O)O)C[C@](C)(C(=O)O)C1. The van der Waals surface area contributed by atoms with Crippen molar-refractivity contribution in [2.45, 2.75) is 72.3 Å². The van der Waals surface area contributed by atoms with Crippen molar-refractivity contribution in [1.29, 1.82) is 0 Å². The molecule has 4 N–H and O–H groups in total. The molecule has 0 aromatic rings. The van der Waals surface area contributed by atoms with Gasteiger partial charge in [0.05, 0.1) is 5.41 Å². The molecule has 1 aliphatic rings. The van der Waals surface area contributed by atoms with Crippen molar-refractivity contribution in [3.63, 3.8) is 0 Å². The van der Waals surface area contributed by atoms with Crippen LogP contribution >= 0.6 is 0 Å². The van der Waals surface area contributed by atoms with Gasteiger partial charge < -0.3 is 30.1 Å². The van der Waals surface area contributed by atoms with E-state index < -0.39 is 36.2 Å². The Morgan fingerprint density at radius 2 is 1.86 bits per heavy atom. The molecule has 1 heterocycles. The number of amides is 2. The minimum atomic E-state index is -1.48. The number of alkyl carbamates (subject to hydrolysis) is 1. The number of hydrogen-bond acceptors (Lipinski definition) is 6. The van der Waals surface area contributed by atoms with E-state index in [9.17, 15) is 19.5 Å². The fourth-order valence-corrected chi connectivity index (χ4v) is 3.61. The van der Waals surface area contributed by atoms with Crippen LogP contribution < -0.4 is 5.32 Å². The first-order chi connectivity index (χ1) is 13.1. The molecular formula is C19H35BN2O7. The number of carbonyl (C=O) groups is 3. The fourth-order valence-electron chi connectivity index (χ4n) is 3.61. The van der Waals surface area contributed by atoms with Crippen molar-refractivity contribution >= 4 is 25.1 Å². The Morgan fingerprint density at radius 1 is 1.28 bits per heavy atom. The van der Waals surface area contributed by atoms with Crippen molar-refractivity contribution in [3.05, 3.63) is 0 Å². The monoisotopic (exact) mass is 414 g/mol. The zero-order valence-corrected chi connectivity index (χ0v) is 18.3. The highest BCUT2D eigenvalue weighted by molar-refractivity contribution is 6.40. The lowest BCUT2D eigenvalue weighted by molar-refractivity contribution is -0.156. The van der Waals surface area contributed by atoms with Crippen LogP contribution in [0.2, 0.25) is 6.32 Å². The number of ether oxygens (including phenoxy) is 1. The van der Waals surface area contributed by atoms with Crippen LogP contribution in [-0.2, 0) is 14.3 Å². The number of piperidine rings is 1. The van der Waals surface area contributed by atoms with Crippen molar-refractivity contribution in [2.24, 2.45) is 17.3 Å². The van der Waals surface area contributed by atoms with Gasteiger partial charge in [0.1, 0.15) is 11.6 Å². The normalized spacial score (nSPS) is 23.5. The van der Waals surface area contributed by atoms with Gasteiger partial charge in [-0.1, -0.05) is 20.3 Å². The molecule has 2 amide bonds. The van der Waals surface area contributed by atoms with Gasteiger partial charge in [0.25, 0.3) is 0 Å². The van der Waals surface area contributed by atoms with Crippen LogP contribution in [0.5, 0.6) is 0 Å². The predicted molar refractivity (Wildman–Crippen MR) is 108 cm³/mol. The Labute approximate surface area is 172 Å². The molecule has 29 heavy (non-hydrogen) atoms. The Morgan fingerprint density at radius 3 is 2.31 bits per heavy atom. The summed E-state index contributed by atoms with van der Waals surface area (Å²) in [5.41, 5.74) is -1.86. The zero-order valence-electron chi connectivity index (χ0n) is 18.3. The molecule has 1 aliphatic heterocycles. The van der Waals surface area contributed by atoms with E-state index in [1.165, 1.54) is 4.90 Å². The molecule has 0 saturated carbocycles. The van der Waals surface area contributed by atoms with Crippen molar-refractivity contribution < 1.29 is 34.3 Å². The minimum Gasteiger partial charge on any atom is -0.481 e. The summed E-state index contributed by atoms with van der Waals surface area (Å²) < 4.78 is 5.25. The highest BCUT2D eigenvalue weighted by Crippen LogP contribution is 2.36. The summed E-state index contributed by atoms with van der Waals surface area (Å²) >= 11 is 0. The van der Waals surface area contributed by atoms with Gasteiger partial charge in [0.15, 0.2) is 0 Å². The van der Waals surface area contributed by atoms with Gasteiger partial charge in [0, 0.05) is 13.1 Å². The third-order valence-corrected chi connectivity index (χ3v) is 5.02. The lowest BCUT2D eigenvalue weighted by Crippen LogP contribution is -2.58. The van der Waals surface area contributed by atoms with Gasteiger partial charge in [-0.3, -0.25) is 9.59 Å². The molecule has 1 rings (SSSR count). The summed E-state index contributed by atoms with van der Waals surface area (Å²) in [6, 6.07) is -0.856. The van der Waals surface area contributed by atoms with Crippen LogP contribution in [0.3, 0.4) is 0 Å². The van der Waals surface area contributed by atoms with Gasteiger partial charge in [-0.05, 0) is 52.3 Å². The fraction of sp³-hybridized carbons (Fsp3) is 0.842. The maximum absolute atomic E-state index is 13.2. The summed E-state index contributed by atoms with van der Waals surface area (Å²) in [5, 5.41) is 30.6. The second-order valence-corrected chi connectivity index (χ2v) is 9.58. The average Bonchev–Trinajstić information content (AvgIpc) is 2.55. The van der Waals surface area contributed by atoms with E-state index in [0.717, 1.165) is 0 Å². The highest BCUT2D eigenvalue weighted by atomic mass is 16.6. The van der Waals surface area contributed by atoms with Gasteiger partial charge in [0.2, 0.25) is 5.91 Å². The van der Waals surface area contributed by atoms with Gasteiger partial charge >= 0.3 is 19.2 Å². The maximum Gasteiger partial charge on any atom is 0.451 e. The Bertz CT molecular complexity index is 606. The number of nitrogens with zero attached hydrogens (tertiary/aromatic N) is 1. The number of aliphatic carboxylic acids is 1. The van der Waals surface area contributed by atoms with Crippen LogP contribution in [-0.4, -0.2) is 69.9 Å². The average molecular weight is 414 g/mol. The molecule has 0 aromatic heterocycles. The maximum atomic E-state index is 13.2. The first-order valence-electron chi connectivity index (χ1n) is 10.0. The van der Waals surface area contributed by atoms with Crippen LogP contribution in [0.15, 0.2) is 0 Å². The summed E-state index contributed by atoms with van der Waals surface area (Å²) in [6.07, 6.45) is 0.120. The smallest absolute Gasteiger partial charge is 0.451 e. The number of hydrogen-bond donors (Lipinski definition) is 4. The topological polar surface area (TPSA) is 136 Å². The Kier molecular flexibility index (Phi) is 8.53. The molecule has 1 unspecified atom stereocenters. The molecule has 1 saturated heterocycles. The minimum absolute atomic E-state index is 0.0264. The van der Waals surface area contributed by atoms with E-state index in [2.05, 4.69) is 5.32 Å². The van der Waals surface area contributed by atoms with Gasteiger partial charge in [-0.25, -0.2) is 4.79 Å². The molecule has 0 spiro atoms. The second kappa shape index (κ2) is 9.80. The molecule has 1 fully saturated rings. The quantitative estimate of drug-likeness (QED) is 0.462. The largest absolute Gasteiger partial charge is 0.481 e. The Hall–Kier alpha value is -1.81. The third kappa shape index (κ3) is 7.85. The summed E-state index contributed by atoms with van der Waals surface area (Å²) in [4.78, 5) is 38.7. The van der Waals surface area contributed by atoms with Gasteiger partial charge in [-0.15, -0.1) is 0 Å². The van der Waals surface area contributed by atoms with Crippen LogP contribution in [0.4, 0.5) is 4.79 Å². The van der Waals surface area contributed by atoms with E-state index in [1.54, 1.807) is 41.5 Å². The number of carboxylic acid groups (broad SMARTS) is 1. The number of nitrogens with one attached hydrogen (secondary N) is 1. The molecule has 0 radical (unpaired) electrons. The van der Waals surface area contributed by atoms with Gasteiger partial charge in [-0.2, -0.15) is 0 Å². The standard InChI is InChI=1S/C19H35BN2O7/c1-12(2)14(21-17(26)29-18(3,4)5)15(23)22-10-13(7-8-20(27)28)9-19(6,11-22)16(24)25/h12-14,27-28H,7-11H2,1-6H3,(H,21,26)(H,24,25)/t13-,14?,19-/m0/s1. The molecular weight excluding hydrogens is 379 g/mol. The van der Waals surface area contributed by atoms with Crippen molar-refractivity contribution in [3.8, 4) is 0 Å². The van der Waals surface area contributed by atoms with E-state index >= 15 is 0 Å². The van der Waals surface area contributed by atoms with Crippen LogP contribution in [0.1, 0.15) is 54.4 Å². The first-order valence-corrected chi connectivity index (χ1v) is 10.0.